The van der Waals surface area contributed by atoms with Crippen molar-refractivity contribution in [2.24, 2.45) is 0 Å². The Morgan fingerprint density at radius 3 is 2.87 bits per heavy atom. The SMILES string of the molecule is Cc1cc2c(nc1C)sc1c(NCCCOC(C)C)ncnc12. The normalized spacial score (nSPS) is 11.7. The van der Waals surface area contributed by atoms with Crippen LogP contribution in [0.15, 0.2) is 12.4 Å². The summed E-state index contributed by atoms with van der Waals surface area (Å²) in [6.45, 7) is 9.81. The third-order valence-electron chi connectivity index (χ3n) is 3.75. The van der Waals surface area contributed by atoms with Gasteiger partial charge in [0.2, 0.25) is 0 Å². The molecule has 0 aliphatic rings. The zero-order valence-corrected chi connectivity index (χ0v) is 14.8. The third kappa shape index (κ3) is 3.43. The minimum atomic E-state index is 0.279. The molecule has 3 rings (SSSR count). The topological polar surface area (TPSA) is 59.9 Å². The van der Waals surface area contributed by atoms with E-state index in [1.54, 1.807) is 17.7 Å². The molecule has 0 spiro atoms. The third-order valence-corrected chi connectivity index (χ3v) is 4.85. The lowest BCUT2D eigenvalue weighted by Crippen LogP contribution is -2.10. The number of nitrogens with one attached hydrogen (secondary N) is 1. The van der Waals surface area contributed by atoms with Crippen LogP contribution in [0.1, 0.15) is 31.5 Å². The summed E-state index contributed by atoms with van der Waals surface area (Å²) < 4.78 is 6.64. The molecular weight excluding hydrogens is 308 g/mol. The molecule has 0 aliphatic carbocycles. The van der Waals surface area contributed by atoms with Gasteiger partial charge in [-0.3, -0.25) is 0 Å². The van der Waals surface area contributed by atoms with Crippen LogP contribution in [-0.2, 0) is 4.74 Å². The van der Waals surface area contributed by atoms with Crippen molar-refractivity contribution in [2.75, 3.05) is 18.5 Å². The van der Waals surface area contributed by atoms with Crippen LogP contribution in [0.25, 0.3) is 20.4 Å². The van der Waals surface area contributed by atoms with Gasteiger partial charge in [0.05, 0.1) is 16.3 Å². The number of pyridine rings is 1. The Kier molecular flexibility index (Phi) is 4.73. The quantitative estimate of drug-likeness (QED) is 0.690. The maximum atomic E-state index is 5.56. The first-order valence-electron chi connectivity index (χ1n) is 7.93. The Hall–Kier alpha value is -1.79. The van der Waals surface area contributed by atoms with E-state index in [0.717, 1.165) is 51.5 Å². The van der Waals surface area contributed by atoms with Crippen LogP contribution in [0.3, 0.4) is 0 Å². The molecule has 1 N–H and O–H groups in total. The molecule has 0 fully saturated rings. The van der Waals surface area contributed by atoms with E-state index in [2.05, 4.69) is 47.1 Å². The molecule has 3 aromatic heterocycles. The van der Waals surface area contributed by atoms with Crippen LogP contribution >= 0.6 is 11.3 Å². The van der Waals surface area contributed by atoms with Gasteiger partial charge in [-0.15, -0.1) is 11.3 Å². The Morgan fingerprint density at radius 2 is 2.09 bits per heavy atom. The van der Waals surface area contributed by atoms with E-state index in [1.807, 2.05) is 6.92 Å². The molecule has 3 heterocycles. The Balaban J connectivity index is 1.84. The van der Waals surface area contributed by atoms with Crippen LogP contribution in [0.5, 0.6) is 0 Å². The number of anilines is 1. The maximum Gasteiger partial charge on any atom is 0.147 e. The molecule has 0 bridgehead atoms. The number of aryl methyl sites for hydroxylation is 2. The predicted octanol–water partition coefficient (Wildman–Crippen LogP) is 4.08. The van der Waals surface area contributed by atoms with Gasteiger partial charge in [0.15, 0.2) is 0 Å². The van der Waals surface area contributed by atoms with Gasteiger partial charge < -0.3 is 10.1 Å². The summed E-state index contributed by atoms with van der Waals surface area (Å²) in [5.41, 5.74) is 3.24. The number of hydrogen-bond donors (Lipinski definition) is 1. The first-order chi connectivity index (χ1) is 11.1. The van der Waals surface area contributed by atoms with E-state index < -0.39 is 0 Å². The van der Waals surface area contributed by atoms with Gasteiger partial charge in [0.25, 0.3) is 0 Å². The number of aromatic nitrogens is 3. The van der Waals surface area contributed by atoms with E-state index >= 15 is 0 Å². The molecule has 0 radical (unpaired) electrons. The van der Waals surface area contributed by atoms with E-state index in [9.17, 15) is 0 Å². The standard InChI is InChI=1S/C17H22N4OS/c1-10(2)22-7-5-6-18-16-15-14(19-9-20-16)13-8-11(3)12(4)21-17(13)23-15/h8-10H,5-7H2,1-4H3,(H,18,19,20). The molecule has 0 unspecified atom stereocenters. The highest BCUT2D eigenvalue weighted by Gasteiger charge is 2.13. The van der Waals surface area contributed by atoms with Crippen molar-refractivity contribution in [1.82, 2.24) is 15.0 Å². The van der Waals surface area contributed by atoms with Gasteiger partial charge in [-0.05, 0) is 45.7 Å². The average Bonchev–Trinajstić information content (AvgIpc) is 2.85. The fourth-order valence-corrected chi connectivity index (χ4v) is 3.54. The second-order valence-corrected chi connectivity index (χ2v) is 6.94. The highest BCUT2D eigenvalue weighted by Crippen LogP contribution is 2.35. The minimum absolute atomic E-state index is 0.279. The zero-order chi connectivity index (χ0) is 16.4. The number of nitrogens with zero attached hydrogens (tertiary/aromatic N) is 3. The van der Waals surface area contributed by atoms with Gasteiger partial charge in [0.1, 0.15) is 17.0 Å². The maximum absolute atomic E-state index is 5.56. The lowest BCUT2D eigenvalue weighted by molar-refractivity contribution is 0.0787. The van der Waals surface area contributed by atoms with Crippen molar-refractivity contribution in [2.45, 2.75) is 40.2 Å². The van der Waals surface area contributed by atoms with Gasteiger partial charge in [-0.2, -0.15) is 0 Å². The number of rotatable bonds is 6. The molecule has 0 amide bonds. The zero-order valence-electron chi connectivity index (χ0n) is 14.0. The van der Waals surface area contributed by atoms with E-state index in [1.165, 1.54) is 5.56 Å². The summed E-state index contributed by atoms with van der Waals surface area (Å²) in [6.07, 6.45) is 2.85. The van der Waals surface area contributed by atoms with Crippen LogP contribution in [-0.4, -0.2) is 34.2 Å². The molecule has 0 atom stereocenters. The largest absolute Gasteiger partial charge is 0.379 e. The van der Waals surface area contributed by atoms with Gasteiger partial charge >= 0.3 is 0 Å². The van der Waals surface area contributed by atoms with Crippen LogP contribution in [0.2, 0.25) is 0 Å². The summed E-state index contributed by atoms with van der Waals surface area (Å²) in [6, 6.07) is 2.17. The minimum Gasteiger partial charge on any atom is -0.379 e. The molecule has 0 saturated heterocycles. The van der Waals surface area contributed by atoms with Gasteiger partial charge in [0, 0.05) is 24.2 Å². The smallest absolute Gasteiger partial charge is 0.147 e. The van der Waals surface area contributed by atoms with Crippen molar-refractivity contribution in [3.05, 3.63) is 23.7 Å². The highest BCUT2D eigenvalue weighted by molar-refractivity contribution is 7.25. The predicted molar refractivity (Wildman–Crippen MR) is 96.4 cm³/mol. The molecule has 122 valence electrons. The summed E-state index contributed by atoms with van der Waals surface area (Å²) in [5, 5.41) is 4.52. The second kappa shape index (κ2) is 6.76. The number of fused-ring (bicyclic) bond motifs is 3. The van der Waals surface area contributed by atoms with E-state index in [0.29, 0.717) is 0 Å². The highest BCUT2D eigenvalue weighted by atomic mass is 32.1. The molecule has 5 nitrogen and oxygen atoms in total. The van der Waals surface area contributed by atoms with Crippen LogP contribution < -0.4 is 5.32 Å². The van der Waals surface area contributed by atoms with Crippen LogP contribution in [0, 0.1) is 13.8 Å². The van der Waals surface area contributed by atoms with Crippen molar-refractivity contribution in [1.29, 1.82) is 0 Å². The monoisotopic (exact) mass is 330 g/mol. The Bertz CT molecular complexity index is 828. The van der Waals surface area contributed by atoms with Crippen molar-refractivity contribution >= 4 is 37.6 Å². The molecule has 0 aliphatic heterocycles. The van der Waals surface area contributed by atoms with Crippen molar-refractivity contribution in [3.63, 3.8) is 0 Å². The fraction of sp³-hybridized carbons (Fsp3) is 0.471. The molecule has 6 heteroatoms. The van der Waals surface area contributed by atoms with E-state index in [4.69, 9.17) is 4.74 Å². The summed E-state index contributed by atoms with van der Waals surface area (Å²) in [4.78, 5) is 14.6. The van der Waals surface area contributed by atoms with Crippen LogP contribution in [0.4, 0.5) is 5.82 Å². The molecular formula is C17H22N4OS. The van der Waals surface area contributed by atoms with E-state index in [-0.39, 0.29) is 6.10 Å². The van der Waals surface area contributed by atoms with Crippen molar-refractivity contribution in [3.8, 4) is 0 Å². The van der Waals surface area contributed by atoms with Gasteiger partial charge in [-0.1, -0.05) is 0 Å². The van der Waals surface area contributed by atoms with Gasteiger partial charge in [-0.25, -0.2) is 15.0 Å². The van der Waals surface area contributed by atoms with Crippen molar-refractivity contribution < 1.29 is 4.74 Å². The number of thiophene rings is 1. The Labute approximate surface area is 140 Å². The first-order valence-corrected chi connectivity index (χ1v) is 8.75. The summed E-state index contributed by atoms with van der Waals surface area (Å²) in [5.74, 6) is 0.887. The second-order valence-electron chi connectivity index (χ2n) is 5.95. The summed E-state index contributed by atoms with van der Waals surface area (Å²) in [7, 11) is 0. The molecule has 0 aromatic carbocycles. The summed E-state index contributed by atoms with van der Waals surface area (Å²) >= 11 is 1.65. The Morgan fingerprint density at radius 1 is 1.26 bits per heavy atom. The molecule has 23 heavy (non-hydrogen) atoms. The fourth-order valence-electron chi connectivity index (χ4n) is 2.41. The number of ether oxygens (including phenoxy) is 1. The average molecular weight is 330 g/mol. The molecule has 0 saturated carbocycles. The lowest BCUT2D eigenvalue weighted by atomic mass is 10.2. The molecule has 3 aromatic rings. The first kappa shape index (κ1) is 16.1. The lowest BCUT2D eigenvalue weighted by Gasteiger charge is -2.08. The number of hydrogen-bond acceptors (Lipinski definition) is 6.